The molecular formula is C29H43NO9. The zero-order valence-corrected chi connectivity index (χ0v) is 23.0. The Bertz CT molecular complexity index is 1030. The van der Waals surface area contributed by atoms with Crippen molar-refractivity contribution in [2.75, 3.05) is 40.5 Å². The lowest BCUT2D eigenvalue weighted by Crippen LogP contribution is -2.40. The van der Waals surface area contributed by atoms with Crippen LogP contribution in [-0.2, 0) is 11.2 Å². The summed E-state index contributed by atoms with van der Waals surface area (Å²) in [5, 5.41) is 54.2. The van der Waals surface area contributed by atoms with E-state index in [1.807, 2.05) is 13.0 Å². The van der Waals surface area contributed by atoms with Crippen LogP contribution >= 0.6 is 0 Å². The summed E-state index contributed by atoms with van der Waals surface area (Å²) in [4.78, 5) is 0. The lowest BCUT2D eigenvalue weighted by molar-refractivity contribution is -0.144. The Hall–Kier alpha value is -2.76. The molecule has 0 radical (unpaired) electrons. The maximum atomic E-state index is 11.1. The van der Waals surface area contributed by atoms with Gasteiger partial charge in [0, 0.05) is 32.1 Å². The van der Waals surface area contributed by atoms with E-state index in [0.29, 0.717) is 50.0 Å². The van der Waals surface area contributed by atoms with Crippen molar-refractivity contribution in [2.45, 2.75) is 63.4 Å². The molecule has 39 heavy (non-hydrogen) atoms. The maximum Gasteiger partial charge on any atom is 0.200 e. The monoisotopic (exact) mass is 549 g/mol. The fraction of sp³-hybridized carbons (Fsp3) is 0.586. The topological polar surface area (TPSA) is 150 Å². The summed E-state index contributed by atoms with van der Waals surface area (Å²) >= 11 is 0. The number of hydrogen-bond acceptors (Lipinski definition) is 10. The molecule has 1 heterocycles. The first-order valence-electron chi connectivity index (χ1n) is 13.5. The van der Waals surface area contributed by atoms with E-state index in [1.165, 1.54) is 14.2 Å². The van der Waals surface area contributed by atoms with Crippen LogP contribution in [0.1, 0.15) is 49.8 Å². The molecule has 3 rings (SSSR count). The van der Waals surface area contributed by atoms with Gasteiger partial charge in [0.05, 0.1) is 32.5 Å². The summed E-state index contributed by atoms with van der Waals surface area (Å²) < 4.78 is 23.3. The third-order valence-corrected chi connectivity index (χ3v) is 7.17. The fourth-order valence-corrected chi connectivity index (χ4v) is 5.06. The number of aromatic hydroxyl groups is 2. The van der Waals surface area contributed by atoms with Gasteiger partial charge in [0.15, 0.2) is 23.0 Å². The van der Waals surface area contributed by atoms with Gasteiger partial charge in [-0.1, -0.05) is 13.0 Å². The Kier molecular flexibility index (Phi) is 11.9. The number of rotatable bonds is 15. The van der Waals surface area contributed by atoms with Gasteiger partial charge in [-0.3, -0.25) is 0 Å². The molecule has 1 aliphatic rings. The zero-order chi connectivity index (χ0) is 28.4. The Morgan fingerprint density at radius 1 is 1.00 bits per heavy atom. The minimum Gasteiger partial charge on any atom is -0.504 e. The maximum absolute atomic E-state index is 11.1. The molecule has 2 aromatic rings. The smallest absolute Gasteiger partial charge is 0.200 e. The molecule has 0 aliphatic carbocycles. The molecule has 0 saturated carbocycles. The number of benzene rings is 2. The van der Waals surface area contributed by atoms with Gasteiger partial charge in [0.25, 0.3) is 0 Å². The molecule has 10 heteroatoms. The predicted molar refractivity (Wildman–Crippen MR) is 146 cm³/mol. The Morgan fingerprint density at radius 2 is 1.74 bits per heavy atom. The predicted octanol–water partition coefficient (Wildman–Crippen LogP) is 2.68. The van der Waals surface area contributed by atoms with E-state index in [2.05, 4.69) is 5.32 Å². The van der Waals surface area contributed by atoms with E-state index in [4.69, 9.17) is 18.9 Å². The molecule has 10 nitrogen and oxygen atoms in total. The van der Waals surface area contributed by atoms with Gasteiger partial charge in [-0.15, -0.1) is 0 Å². The minimum absolute atomic E-state index is 0.0707. The van der Waals surface area contributed by atoms with Crippen molar-refractivity contribution in [3.63, 3.8) is 0 Å². The highest BCUT2D eigenvalue weighted by atomic mass is 16.5. The first-order valence-corrected chi connectivity index (χ1v) is 13.5. The highest BCUT2D eigenvalue weighted by Gasteiger charge is 2.39. The Balaban J connectivity index is 1.87. The molecule has 6 N–H and O–H groups in total. The average Bonchev–Trinajstić information content (AvgIpc) is 2.93. The second-order valence-electron chi connectivity index (χ2n) is 9.83. The largest absolute Gasteiger partial charge is 0.504 e. The number of methoxy groups -OCH3 is 2. The summed E-state index contributed by atoms with van der Waals surface area (Å²) in [5.41, 5.74) is 1.62. The zero-order valence-electron chi connectivity index (χ0n) is 23.0. The quantitative estimate of drug-likeness (QED) is 0.196. The van der Waals surface area contributed by atoms with Crippen LogP contribution in [0.3, 0.4) is 0 Å². The molecule has 0 bridgehead atoms. The van der Waals surface area contributed by atoms with Gasteiger partial charge < -0.3 is 49.8 Å². The molecule has 0 unspecified atom stereocenters. The third-order valence-electron chi connectivity index (χ3n) is 7.17. The second-order valence-corrected chi connectivity index (χ2v) is 9.83. The van der Waals surface area contributed by atoms with Crippen LogP contribution in [0.25, 0.3) is 0 Å². The lowest BCUT2D eigenvalue weighted by Gasteiger charge is -2.40. The van der Waals surface area contributed by atoms with Crippen LogP contribution in [0.5, 0.6) is 28.7 Å². The number of aliphatic hydroxyl groups is 3. The van der Waals surface area contributed by atoms with Crippen LogP contribution in [0, 0.1) is 5.92 Å². The first-order chi connectivity index (χ1) is 18.8. The summed E-state index contributed by atoms with van der Waals surface area (Å²) in [5.74, 6) is 0.331. The molecule has 0 amide bonds. The number of phenolic OH excluding ortho intramolecular Hbond substituents is 2. The number of nitrogens with one attached hydrogen (secondary N) is 1. The molecule has 1 aliphatic heterocycles. The number of aryl methyl sites for hydroxylation is 1. The molecule has 5 atom stereocenters. The van der Waals surface area contributed by atoms with Crippen LogP contribution in [-0.4, -0.2) is 84.4 Å². The van der Waals surface area contributed by atoms with Crippen LogP contribution in [0.2, 0.25) is 0 Å². The van der Waals surface area contributed by atoms with Gasteiger partial charge in [-0.05, 0) is 67.6 Å². The number of likely N-dealkylation sites (N-methyl/N-ethyl adjacent to an activating group) is 1. The molecular weight excluding hydrogens is 506 g/mol. The third kappa shape index (κ3) is 8.12. The summed E-state index contributed by atoms with van der Waals surface area (Å²) in [6.07, 6.45) is 0.421. The van der Waals surface area contributed by atoms with E-state index in [-0.39, 0.29) is 54.3 Å². The van der Waals surface area contributed by atoms with Crippen molar-refractivity contribution in [3.05, 3.63) is 41.5 Å². The van der Waals surface area contributed by atoms with Gasteiger partial charge in [-0.25, -0.2) is 0 Å². The summed E-state index contributed by atoms with van der Waals surface area (Å²) in [6, 6.07) is 8.56. The molecule has 2 aromatic carbocycles. The van der Waals surface area contributed by atoms with Gasteiger partial charge in [-0.2, -0.15) is 0 Å². The second kappa shape index (κ2) is 15.1. The molecule has 0 spiro atoms. The number of aliphatic hydroxyl groups excluding tert-OH is 3. The Labute approximate surface area is 230 Å². The molecule has 1 fully saturated rings. The average molecular weight is 550 g/mol. The first kappa shape index (κ1) is 30.8. The molecule has 0 aromatic heterocycles. The van der Waals surface area contributed by atoms with E-state index >= 15 is 0 Å². The number of hydrogen-bond donors (Lipinski definition) is 6. The Morgan fingerprint density at radius 3 is 2.41 bits per heavy atom. The highest BCUT2D eigenvalue weighted by Crippen LogP contribution is 2.45. The molecule has 218 valence electrons. The van der Waals surface area contributed by atoms with E-state index in [0.717, 1.165) is 12.1 Å². The highest BCUT2D eigenvalue weighted by molar-refractivity contribution is 5.53. The van der Waals surface area contributed by atoms with Crippen molar-refractivity contribution in [1.82, 2.24) is 5.32 Å². The van der Waals surface area contributed by atoms with Crippen LogP contribution < -0.4 is 19.5 Å². The lowest BCUT2D eigenvalue weighted by atomic mass is 9.82. The van der Waals surface area contributed by atoms with Crippen molar-refractivity contribution in [3.8, 4) is 28.7 Å². The van der Waals surface area contributed by atoms with Crippen LogP contribution in [0.15, 0.2) is 30.3 Å². The van der Waals surface area contributed by atoms with Crippen molar-refractivity contribution >= 4 is 0 Å². The van der Waals surface area contributed by atoms with Crippen molar-refractivity contribution in [2.24, 2.45) is 5.92 Å². The standard InChI is InChI=1S/C29H43NO9/c1-4-30-17-21(9-11-31)38-27-15-19(14-26(37-3)28(27)35)29-22(10-12-32)24(34)16-20(39-29)7-5-18-6-8-23(33)25(13-18)36-2/h6,8,13-15,20-22,24,29-35H,4-5,7,9-12,16-17H2,1-3H3/t20-,21-,22+,24-,29+/m0/s1. The minimum atomic E-state index is -0.713. The van der Waals surface area contributed by atoms with Crippen LogP contribution in [0.4, 0.5) is 0 Å². The fourth-order valence-electron chi connectivity index (χ4n) is 5.06. The van der Waals surface area contributed by atoms with Gasteiger partial charge in [0.2, 0.25) is 5.75 Å². The SMILES string of the molecule is CCNC[C@H](CCO)Oc1cc([C@H]2O[C@@H](CCc3ccc(O)c(OC)c3)C[C@H](O)[C@H]2CCO)cc(OC)c1O. The van der Waals surface area contributed by atoms with E-state index in [1.54, 1.807) is 24.3 Å². The van der Waals surface area contributed by atoms with E-state index in [9.17, 15) is 25.5 Å². The number of phenols is 2. The summed E-state index contributed by atoms with van der Waals surface area (Å²) in [7, 11) is 2.95. The number of ether oxygens (including phenoxy) is 4. The van der Waals surface area contributed by atoms with E-state index < -0.39 is 12.2 Å². The van der Waals surface area contributed by atoms with Crippen molar-refractivity contribution < 1.29 is 44.5 Å². The van der Waals surface area contributed by atoms with Gasteiger partial charge in [0.1, 0.15) is 6.10 Å². The van der Waals surface area contributed by atoms with Crippen molar-refractivity contribution in [1.29, 1.82) is 0 Å². The summed E-state index contributed by atoms with van der Waals surface area (Å²) in [6.45, 7) is 3.01. The van der Waals surface area contributed by atoms with Gasteiger partial charge >= 0.3 is 0 Å². The normalized spacial score (nSPS) is 21.9. The molecule has 1 saturated heterocycles.